The number of hydrogen-bond donors (Lipinski definition) is 0. The van der Waals surface area contributed by atoms with Crippen LogP contribution in [0.1, 0.15) is 16.1 Å². The Morgan fingerprint density at radius 3 is 2.47 bits per heavy atom. The fraction of sp³-hybridized carbons (Fsp3) is 0.200. The van der Waals surface area contributed by atoms with Gasteiger partial charge in [0.05, 0.1) is 24.8 Å². The normalized spacial score (nSPS) is 10.7. The lowest BCUT2D eigenvalue weighted by molar-refractivity contribution is 0.0787. The zero-order valence-corrected chi connectivity index (χ0v) is 19.1. The summed E-state index contributed by atoms with van der Waals surface area (Å²) in [6.45, 7) is 0.558. The molecule has 0 aliphatic carbocycles. The number of aromatic nitrogens is 2. The second kappa shape index (κ2) is 9.70. The van der Waals surface area contributed by atoms with Crippen molar-refractivity contribution in [2.75, 3.05) is 27.8 Å². The summed E-state index contributed by atoms with van der Waals surface area (Å²) in [5.41, 5.74) is 3.25. The number of benzene rings is 2. The molecule has 0 bridgehead atoms. The number of amides is 1. The molecular formula is C25H25N3O3S. The second-order valence-electron chi connectivity index (χ2n) is 7.31. The Morgan fingerprint density at radius 1 is 1.00 bits per heavy atom. The van der Waals surface area contributed by atoms with Crippen LogP contribution in [-0.2, 0) is 6.42 Å². The molecule has 164 valence electrons. The maximum atomic E-state index is 13.4. The van der Waals surface area contributed by atoms with Crippen LogP contribution in [-0.4, -0.2) is 48.4 Å². The molecule has 0 atom stereocenters. The zero-order chi connectivity index (χ0) is 22.5. The van der Waals surface area contributed by atoms with Gasteiger partial charge in [-0.15, -0.1) is 11.3 Å². The van der Waals surface area contributed by atoms with Gasteiger partial charge in [-0.1, -0.05) is 30.3 Å². The maximum absolute atomic E-state index is 13.4. The monoisotopic (exact) mass is 447 g/mol. The van der Waals surface area contributed by atoms with Gasteiger partial charge in [0.2, 0.25) is 0 Å². The average Bonchev–Trinajstić information content (AvgIpc) is 3.52. The van der Waals surface area contributed by atoms with Crippen molar-refractivity contribution in [2.45, 2.75) is 6.42 Å². The highest BCUT2D eigenvalue weighted by molar-refractivity contribution is 7.13. The lowest BCUT2D eigenvalue weighted by Gasteiger charge is -2.18. The van der Waals surface area contributed by atoms with E-state index < -0.39 is 0 Å². The molecule has 2 aromatic heterocycles. The Bertz CT molecular complexity index is 1190. The van der Waals surface area contributed by atoms with Crippen LogP contribution in [0, 0.1) is 0 Å². The standard InChI is InChI=1S/C25H25N3O3S/c1-27(14-13-18-11-12-22(30-2)23(16-18)31-3)25(29)21-17-20(24-10-7-15-32-24)26-28(21)19-8-5-4-6-9-19/h4-12,15-17H,13-14H2,1-3H3. The highest BCUT2D eigenvalue weighted by atomic mass is 32.1. The summed E-state index contributed by atoms with van der Waals surface area (Å²) in [4.78, 5) is 16.1. The average molecular weight is 448 g/mol. The number of ether oxygens (including phenoxy) is 2. The first-order valence-corrected chi connectivity index (χ1v) is 11.1. The van der Waals surface area contributed by atoms with Crippen LogP contribution in [0.5, 0.6) is 11.5 Å². The largest absolute Gasteiger partial charge is 0.493 e. The molecule has 0 saturated heterocycles. The molecule has 2 aromatic carbocycles. The third-order valence-electron chi connectivity index (χ3n) is 5.23. The number of rotatable bonds is 8. The molecule has 0 aliphatic heterocycles. The highest BCUT2D eigenvalue weighted by Gasteiger charge is 2.21. The van der Waals surface area contributed by atoms with Gasteiger partial charge >= 0.3 is 0 Å². The maximum Gasteiger partial charge on any atom is 0.272 e. The van der Waals surface area contributed by atoms with E-state index in [1.807, 2.05) is 79.2 Å². The number of para-hydroxylation sites is 1. The molecule has 1 amide bonds. The summed E-state index contributed by atoms with van der Waals surface area (Å²) >= 11 is 1.60. The molecule has 2 heterocycles. The minimum absolute atomic E-state index is 0.0790. The van der Waals surface area contributed by atoms with Gasteiger partial charge in [0, 0.05) is 13.6 Å². The van der Waals surface area contributed by atoms with Gasteiger partial charge in [-0.25, -0.2) is 4.68 Å². The van der Waals surface area contributed by atoms with Crippen LogP contribution < -0.4 is 9.47 Å². The number of carbonyl (C=O) groups is 1. The van der Waals surface area contributed by atoms with E-state index in [1.54, 1.807) is 35.1 Å². The molecule has 4 aromatic rings. The molecule has 6 nitrogen and oxygen atoms in total. The Morgan fingerprint density at radius 2 is 1.78 bits per heavy atom. The van der Waals surface area contributed by atoms with Crippen molar-refractivity contribution in [3.8, 4) is 27.8 Å². The van der Waals surface area contributed by atoms with E-state index in [1.165, 1.54) is 0 Å². The van der Waals surface area contributed by atoms with Crippen LogP contribution in [0.25, 0.3) is 16.3 Å². The van der Waals surface area contributed by atoms with Crippen LogP contribution in [0.4, 0.5) is 0 Å². The van der Waals surface area contributed by atoms with Crippen molar-refractivity contribution in [1.82, 2.24) is 14.7 Å². The number of thiophene rings is 1. The van der Waals surface area contributed by atoms with Crippen LogP contribution >= 0.6 is 11.3 Å². The van der Waals surface area contributed by atoms with Crippen LogP contribution in [0.2, 0.25) is 0 Å². The van der Waals surface area contributed by atoms with E-state index in [-0.39, 0.29) is 5.91 Å². The third kappa shape index (κ3) is 4.53. The molecule has 0 saturated carbocycles. The first-order valence-electron chi connectivity index (χ1n) is 10.3. The fourth-order valence-electron chi connectivity index (χ4n) is 3.47. The molecule has 0 fully saturated rings. The van der Waals surface area contributed by atoms with E-state index in [0.717, 1.165) is 21.8 Å². The number of nitrogens with zero attached hydrogens (tertiary/aromatic N) is 3. The third-order valence-corrected chi connectivity index (χ3v) is 6.13. The van der Waals surface area contributed by atoms with E-state index in [2.05, 4.69) is 0 Å². The molecule has 7 heteroatoms. The molecule has 32 heavy (non-hydrogen) atoms. The van der Waals surface area contributed by atoms with Gasteiger partial charge in [-0.05, 0) is 53.8 Å². The minimum Gasteiger partial charge on any atom is -0.493 e. The first-order chi connectivity index (χ1) is 15.6. The molecular weight excluding hydrogens is 422 g/mol. The summed E-state index contributed by atoms with van der Waals surface area (Å²) < 4.78 is 12.4. The summed E-state index contributed by atoms with van der Waals surface area (Å²) in [7, 11) is 5.05. The topological polar surface area (TPSA) is 56.6 Å². The molecule has 0 unspecified atom stereocenters. The lowest BCUT2D eigenvalue weighted by atomic mass is 10.1. The van der Waals surface area contributed by atoms with Crippen molar-refractivity contribution >= 4 is 17.2 Å². The minimum atomic E-state index is -0.0790. The quantitative estimate of drug-likeness (QED) is 0.384. The van der Waals surface area contributed by atoms with Crippen LogP contribution in [0.15, 0.2) is 72.1 Å². The Hall–Kier alpha value is -3.58. The molecule has 4 rings (SSSR count). The fourth-order valence-corrected chi connectivity index (χ4v) is 4.16. The van der Waals surface area contributed by atoms with E-state index in [0.29, 0.717) is 30.2 Å². The van der Waals surface area contributed by atoms with Crippen molar-refractivity contribution in [2.24, 2.45) is 0 Å². The Labute approximate surface area is 191 Å². The second-order valence-corrected chi connectivity index (χ2v) is 8.25. The first kappa shape index (κ1) is 21.6. The number of hydrogen-bond acceptors (Lipinski definition) is 5. The van der Waals surface area contributed by atoms with E-state index >= 15 is 0 Å². The van der Waals surface area contributed by atoms with Crippen molar-refractivity contribution in [1.29, 1.82) is 0 Å². The smallest absolute Gasteiger partial charge is 0.272 e. The van der Waals surface area contributed by atoms with Gasteiger partial charge in [0.25, 0.3) is 5.91 Å². The summed E-state index contributed by atoms with van der Waals surface area (Å²) in [6, 6.07) is 21.4. The SMILES string of the molecule is COc1ccc(CCN(C)C(=O)c2cc(-c3cccs3)nn2-c2ccccc2)cc1OC. The van der Waals surface area contributed by atoms with Gasteiger partial charge in [0.15, 0.2) is 11.5 Å². The number of methoxy groups -OCH3 is 2. The van der Waals surface area contributed by atoms with Gasteiger partial charge in [-0.3, -0.25) is 4.79 Å². The van der Waals surface area contributed by atoms with Gasteiger partial charge in [0.1, 0.15) is 11.4 Å². The number of carbonyl (C=O) groups excluding carboxylic acids is 1. The predicted molar refractivity (Wildman–Crippen MR) is 127 cm³/mol. The van der Waals surface area contributed by atoms with Crippen molar-refractivity contribution in [3.05, 3.63) is 83.4 Å². The number of likely N-dealkylation sites (N-methyl/N-ethyl adjacent to an activating group) is 1. The predicted octanol–water partition coefficient (Wildman–Crippen LogP) is 4.93. The van der Waals surface area contributed by atoms with Gasteiger partial charge in [-0.2, -0.15) is 5.10 Å². The highest BCUT2D eigenvalue weighted by Crippen LogP contribution is 2.28. The van der Waals surface area contributed by atoms with Crippen molar-refractivity contribution < 1.29 is 14.3 Å². The Balaban J connectivity index is 1.57. The van der Waals surface area contributed by atoms with E-state index in [9.17, 15) is 4.79 Å². The van der Waals surface area contributed by atoms with E-state index in [4.69, 9.17) is 14.6 Å². The summed E-state index contributed by atoms with van der Waals surface area (Å²) in [5.74, 6) is 1.29. The molecule has 0 N–H and O–H groups in total. The van der Waals surface area contributed by atoms with Crippen molar-refractivity contribution in [3.63, 3.8) is 0 Å². The lowest BCUT2D eigenvalue weighted by Crippen LogP contribution is -2.30. The Kier molecular flexibility index (Phi) is 6.56. The summed E-state index contributed by atoms with van der Waals surface area (Å²) in [6.07, 6.45) is 0.694. The molecule has 0 radical (unpaired) electrons. The molecule has 0 spiro atoms. The zero-order valence-electron chi connectivity index (χ0n) is 18.3. The van der Waals surface area contributed by atoms with Crippen LogP contribution in [0.3, 0.4) is 0 Å². The molecule has 0 aliphatic rings. The summed E-state index contributed by atoms with van der Waals surface area (Å²) in [5, 5.41) is 6.74. The van der Waals surface area contributed by atoms with Gasteiger partial charge < -0.3 is 14.4 Å².